The van der Waals surface area contributed by atoms with Gasteiger partial charge in [0, 0.05) is 36.7 Å². The monoisotopic (exact) mass is 634 g/mol. The van der Waals surface area contributed by atoms with Gasteiger partial charge in [-0.3, -0.25) is 14.7 Å². The molecule has 2 heterocycles. The standard InChI is InChI=1S/C36H34N4O7/c41-30-15-12-26(27-13-16-33(43)39-34(27)30)31(42)21-37-20-23-10-14-29-32(19-23)47-36(46)40(29)17-5-4-6-22-9-11-25(24-7-2-1-3-8-24)28(18-22)38-35(44)45/h1-3,7-16,18-19,31,37-38,41-42H,4-6,17,20-21H2,(H,39,43)(H,44,45)/t31-/m0/s1. The zero-order valence-corrected chi connectivity index (χ0v) is 25.4. The summed E-state index contributed by atoms with van der Waals surface area (Å²) in [5.41, 5.74) is 5.81. The number of oxazole rings is 1. The van der Waals surface area contributed by atoms with Crippen molar-refractivity contribution in [3.05, 3.63) is 129 Å². The maximum atomic E-state index is 12.7. The summed E-state index contributed by atoms with van der Waals surface area (Å²) in [7, 11) is 0. The lowest BCUT2D eigenvalue weighted by Gasteiger charge is -2.15. The minimum atomic E-state index is -1.12. The smallest absolute Gasteiger partial charge is 0.419 e. The molecule has 0 saturated heterocycles. The summed E-state index contributed by atoms with van der Waals surface area (Å²) in [6.07, 6.45) is 0.205. The van der Waals surface area contributed by atoms with Gasteiger partial charge >= 0.3 is 11.8 Å². The van der Waals surface area contributed by atoms with E-state index >= 15 is 0 Å². The molecule has 0 radical (unpaired) electrons. The van der Waals surface area contributed by atoms with Crippen molar-refractivity contribution in [3.8, 4) is 16.9 Å². The fraction of sp³-hybridized carbons (Fsp3) is 0.194. The molecule has 0 saturated carbocycles. The SMILES string of the molecule is O=C(O)Nc1cc(CCCCn2c(=O)oc3cc(CNC[C@H](O)c4ccc(O)c5[nH]c(=O)ccc45)ccc32)ccc1-c1ccccc1. The van der Waals surface area contributed by atoms with Gasteiger partial charge in [-0.25, -0.2) is 9.59 Å². The van der Waals surface area contributed by atoms with E-state index in [0.29, 0.717) is 47.2 Å². The lowest BCUT2D eigenvalue weighted by Crippen LogP contribution is -2.21. The third kappa shape index (κ3) is 7.11. The third-order valence-corrected chi connectivity index (χ3v) is 8.17. The van der Waals surface area contributed by atoms with E-state index in [0.717, 1.165) is 35.1 Å². The number of carbonyl (C=O) groups is 1. The van der Waals surface area contributed by atoms with Gasteiger partial charge in [0.25, 0.3) is 0 Å². The first-order valence-corrected chi connectivity index (χ1v) is 15.3. The Hall–Kier alpha value is -5.65. The Morgan fingerprint density at radius 1 is 0.915 bits per heavy atom. The zero-order valence-electron chi connectivity index (χ0n) is 25.4. The normalized spacial score (nSPS) is 12.0. The molecule has 0 aliphatic heterocycles. The molecule has 240 valence electrons. The predicted molar refractivity (Wildman–Crippen MR) is 180 cm³/mol. The van der Waals surface area contributed by atoms with Crippen LogP contribution < -0.4 is 21.9 Å². The summed E-state index contributed by atoms with van der Waals surface area (Å²) in [5, 5.41) is 36.6. The number of fused-ring (bicyclic) bond motifs is 2. The number of hydrogen-bond donors (Lipinski definition) is 6. The van der Waals surface area contributed by atoms with Gasteiger partial charge in [0.05, 0.1) is 22.8 Å². The van der Waals surface area contributed by atoms with Crippen molar-refractivity contribution in [1.29, 1.82) is 0 Å². The molecule has 0 fully saturated rings. The molecule has 1 amide bonds. The Morgan fingerprint density at radius 3 is 2.53 bits per heavy atom. The maximum absolute atomic E-state index is 12.7. The van der Waals surface area contributed by atoms with Crippen LogP contribution in [0.15, 0.2) is 105 Å². The number of amides is 1. The molecular formula is C36H34N4O7. The number of anilines is 1. The van der Waals surface area contributed by atoms with E-state index in [1.54, 1.807) is 22.8 Å². The number of aliphatic hydroxyl groups is 1. The largest absolute Gasteiger partial charge is 0.506 e. The number of phenolic OH excluding ortho intramolecular Hbond substituents is 1. The Kier molecular flexibility index (Phi) is 9.18. The van der Waals surface area contributed by atoms with Crippen molar-refractivity contribution >= 4 is 33.8 Å². The molecule has 11 heteroatoms. The van der Waals surface area contributed by atoms with Gasteiger partial charge in [0.15, 0.2) is 5.58 Å². The van der Waals surface area contributed by atoms with E-state index in [-0.39, 0.29) is 23.4 Å². The number of phenols is 1. The van der Waals surface area contributed by atoms with E-state index in [4.69, 9.17) is 4.42 Å². The Labute approximate surface area is 268 Å². The summed E-state index contributed by atoms with van der Waals surface area (Å²) in [4.78, 5) is 38.4. The molecule has 0 spiro atoms. The Bertz CT molecular complexity index is 2170. The van der Waals surface area contributed by atoms with Gasteiger partial charge in [0.1, 0.15) is 5.75 Å². The number of carboxylic acid groups (broad SMARTS) is 1. The number of nitrogens with zero attached hydrogens (tertiary/aromatic N) is 1. The van der Waals surface area contributed by atoms with Crippen molar-refractivity contribution < 1.29 is 24.5 Å². The summed E-state index contributed by atoms with van der Waals surface area (Å²) in [6, 6.07) is 26.9. The van der Waals surface area contributed by atoms with Crippen molar-refractivity contribution in [2.75, 3.05) is 11.9 Å². The van der Waals surface area contributed by atoms with Crippen LogP contribution in [0.4, 0.5) is 10.5 Å². The second-order valence-electron chi connectivity index (χ2n) is 11.4. The van der Waals surface area contributed by atoms with Crippen molar-refractivity contribution in [2.24, 2.45) is 0 Å². The van der Waals surface area contributed by atoms with Crippen LogP contribution in [0, 0.1) is 0 Å². The quantitative estimate of drug-likeness (QED) is 0.0926. The van der Waals surface area contributed by atoms with E-state index in [1.807, 2.05) is 60.7 Å². The van der Waals surface area contributed by atoms with Gasteiger partial charge in [-0.05, 0) is 71.8 Å². The molecule has 0 unspecified atom stereocenters. The zero-order chi connectivity index (χ0) is 32.9. The Morgan fingerprint density at radius 2 is 1.72 bits per heavy atom. The number of aromatic nitrogens is 2. The molecule has 6 aromatic rings. The van der Waals surface area contributed by atoms with Gasteiger partial charge < -0.3 is 30.0 Å². The number of unbranched alkanes of at least 4 members (excludes halogenated alkanes) is 1. The average Bonchev–Trinajstić information content (AvgIpc) is 3.37. The number of aliphatic hydroxyl groups excluding tert-OH is 1. The summed E-state index contributed by atoms with van der Waals surface area (Å²) >= 11 is 0. The topological polar surface area (TPSA) is 170 Å². The Balaban J connectivity index is 1.05. The minimum absolute atomic E-state index is 0.0683. The number of aryl methyl sites for hydroxylation is 2. The summed E-state index contributed by atoms with van der Waals surface area (Å²) < 4.78 is 7.16. The van der Waals surface area contributed by atoms with Crippen LogP contribution >= 0.6 is 0 Å². The molecule has 11 nitrogen and oxygen atoms in total. The van der Waals surface area contributed by atoms with Gasteiger partial charge in [-0.1, -0.05) is 54.6 Å². The first-order chi connectivity index (χ1) is 22.8. The van der Waals surface area contributed by atoms with Crippen LogP contribution in [0.1, 0.15) is 35.6 Å². The summed E-state index contributed by atoms with van der Waals surface area (Å²) in [5.74, 6) is -0.501. The van der Waals surface area contributed by atoms with Crippen LogP contribution in [0.2, 0.25) is 0 Å². The molecule has 47 heavy (non-hydrogen) atoms. The van der Waals surface area contributed by atoms with Crippen molar-refractivity contribution in [3.63, 3.8) is 0 Å². The number of benzene rings is 4. The minimum Gasteiger partial charge on any atom is -0.506 e. The average molecular weight is 635 g/mol. The molecule has 0 bridgehead atoms. The maximum Gasteiger partial charge on any atom is 0.419 e. The van der Waals surface area contributed by atoms with E-state index in [2.05, 4.69) is 15.6 Å². The predicted octanol–water partition coefficient (Wildman–Crippen LogP) is 5.74. The highest BCUT2D eigenvalue weighted by Gasteiger charge is 2.15. The first kappa shape index (κ1) is 31.3. The van der Waals surface area contributed by atoms with Crippen LogP contribution in [0.3, 0.4) is 0 Å². The molecule has 6 N–H and O–H groups in total. The van der Waals surface area contributed by atoms with Gasteiger partial charge in [0.2, 0.25) is 5.56 Å². The second kappa shape index (κ2) is 13.8. The highest BCUT2D eigenvalue weighted by atomic mass is 16.4. The number of pyridine rings is 1. The number of aromatic amines is 1. The number of rotatable bonds is 12. The number of hydrogen-bond acceptors (Lipinski definition) is 7. The van der Waals surface area contributed by atoms with E-state index < -0.39 is 18.0 Å². The molecule has 1 atom stereocenters. The van der Waals surface area contributed by atoms with E-state index in [1.165, 1.54) is 12.1 Å². The number of H-pyrrole nitrogens is 1. The number of nitrogens with one attached hydrogen (secondary N) is 3. The van der Waals surface area contributed by atoms with Crippen LogP contribution in [-0.4, -0.2) is 37.5 Å². The van der Waals surface area contributed by atoms with Crippen molar-refractivity contribution in [1.82, 2.24) is 14.9 Å². The lowest BCUT2D eigenvalue weighted by molar-refractivity contribution is 0.176. The fourth-order valence-electron chi connectivity index (χ4n) is 5.88. The molecule has 2 aromatic heterocycles. The summed E-state index contributed by atoms with van der Waals surface area (Å²) in [6.45, 7) is 1.10. The van der Waals surface area contributed by atoms with Gasteiger partial charge in [-0.15, -0.1) is 0 Å². The van der Waals surface area contributed by atoms with E-state index in [9.17, 15) is 29.7 Å². The molecule has 0 aliphatic rings. The third-order valence-electron chi connectivity index (χ3n) is 8.17. The second-order valence-corrected chi connectivity index (χ2v) is 11.4. The molecule has 4 aromatic carbocycles. The van der Waals surface area contributed by atoms with Crippen LogP contribution in [0.5, 0.6) is 5.75 Å². The lowest BCUT2D eigenvalue weighted by atomic mass is 9.99. The number of aromatic hydroxyl groups is 1. The van der Waals surface area contributed by atoms with Crippen LogP contribution in [-0.2, 0) is 19.5 Å². The molecule has 0 aliphatic carbocycles. The fourth-order valence-corrected chi connectivity index (χ4v) is 5.88. The molecular weight excluding hydrogens is 600 g/mol. The highest BCUT2D eigenvalue weighted by molar-refractivity contribution is 5.91. The highest BCUT2D eigenvalue weighted by Crippen LogP contribution is 2.30. The molecule has 6 rings (SSSR count). The first-order valence-electron chi connectivity index (χ1n) is 15.3. The van der Waals surface area contributed by atoms with Crippen molar-refractivity contribution in [2.45, 2.75) is 38.5 Å². The van der Waals surface area contributed by atoms with Crippen LogP contribution in [0.25, 0.3) is 33.1 Å². The van der Waals surface area contributed by atoms with Gasteiger partial charge in [-0.2, -0.15) is 0 Å².